The molecule has 0 amide bonds. The van der Waals surface area contributed by atoms with Crippen LogP contribution in [0.25, 0.3) is 11.1 Å². The Morgan fingerprint density at radius 1 is 1.21 bits per heavy atom. The number of ether oxygens (including phenoxy) is 3. The van der Waals surface area contributed by atoms with E-state index in [0.717, 1.165) is 18.7 Å². The molecule has 2 aliphatic heterocycles. The van der Waals surface area contributed by atoms with Gasteiger partial charge in [-0.15, -0.1) is 11.3 Å². The zero-order chi connectivity index (χ0) is 26.5. The van der Waals surface area contributed by atoms with Crippen LogP contribution in [0.5, 0.6) is 5.75 Å². The third-order valence-electron chi connectivity index (χ3n) is 6.45. The number of nitrogens with zero attached hydrogens (tertiary/aromatic N) is 3. The number of benzene rings is 2. The maximum atomic E-state index is 14.6. The average Bonchev–Trinajstić information content (AvgIpc) is 3.49. The lowest BCUT2D eigenvalue weighted by Gasteiger charge is -2.32. The first kappa shape index (κ1) is 26.0. The van der Waals surface area contributed by atoms with Gasteiger partial charge in [0, 0.05) is 36.9 Å². The molecule has 1 atom stereocenters. The van der Waals surface area contributed by atoms with Gasteiger partial charge in [0.15, 0.2) is 10.8 Å². The van der Waals surface area contributed by atoms with Crippen LogP contribution in [0, 0.1) is 5.82 Å². The van der Waals surface area contributed by atoms with Crippen molar-refractivity contribution in [3.8, 4) is 16.9 Å². The molecule has 0 aliphatic carbocycles. The minimum absolute atomic E-state index is 0.220. The molecule has 3 aromatic rings. The third kappa shape index (κ3) is 5.62. The number of halogens is 1. The molecule has 10 heteroatoms. The second-order valence-corrected chi connectivity index (χ2v) is 9.70. The molecule has 1 saturated heterocycles. The van der Waals surface area contributed by atoms with Crippen LogP contribution < -0.4 is 10.1 Å². The SMILES string of the molecule is CCOC(=O)C1=C(CN2CCOCC2)NC(c2nccs2)=NC1c1ccc(F)cc1-c1ccc(OC)cc1. The molecule has 1 N–H and O–H groups in total. The fourth-order valence-corrected chi connectivity index (χ4v) is 5.20. The molecule has 2 aromatic carbocycles. The molecule has 8 nitrogen and oxygen atoms in total. The Hall–Kier alpha value is -3.60. The van der Waals surface area contributed by atoms with Gasteiger partial charge < -0.3 is 19.5 Å². The molecule has 0 spiro atoms. The quantitative estimate of drug-likeness (QED) is 0.432. The molecule has 0 bridgehead atoms. The Kier molecular flexibility index (Phi) is 8.11. The van der Waals surface area contributed by atoms with Crippen LogP contribution in [0.3, 0.4) is 0 Å². The lowest BCUT2D eigenvalue weighted by Crippen LogP contribution is -2.43. The molecule has 1 aromatic heterocycles. The van der Waals surface area contributed by atoms with Gasteiger partial charge in [0.2, 0.25) is 0 Å². The van der Waals surface area contributed by atoms with Gasteiger partial charge in [-0.05, 0) is 47.9 Å². The summed E-state index contributed by atoms with van der Waals surface area (Å²) in [5, 5.41) is 5.96. The minimum atomic E-state index is -0.733. The second-order valence-electron chi connectivity index (χ2n) is 8.80. The molecule has 2 aliphatic rings. The van der Waals surface area contributed by atoms with Crippen LogP contribution in [0.1, 0.15) is 23.5 Å². The van der Waals surface area contributed by atoms with Gasteiger partial charge in [-0.3, -0.25) is 9.89 Å². The number of morpholine rings is 1. The lowest BCUT2D eigenvalue weighted by molar-refractivity contribution is -0.139. The van der Waals surface area contributed by atoms with Crippen molar-refractivity contribution in [3.63, 3.8) is 0 Å². The van der Waals surface area contributed by atoms with Crippen molar-refractivity contribution in [2.24, 2.45) is 4.99 Å². The van der Waals surface area contributed by atoms with Crippen LogP contribution in [-0.2, 0) is 14.3 Å². The molecule has 198 valence electrons. The number of methoxy groups -OCH3 is 1. The van der Waals surface area contributed by atoms with Crippen LogP contribution >= 0.6 is 11.3 Å². The summed E-state index contributed by atoms with van der Waals surface area (Å²) < 4.78 is 30.9. The summed E-state index contributed by atoms with van der Waals surface area (Å²) >= 11 is 1.45. The summed E-state index contributed by atoms with van der Waals surface area (Å²) in [6.45, 7) is 5.20. The van der Waals surface area contributed by atoms with E-state index in [2.05, 4.69) is 15.2 Å². The Morgan fingerprint density at radius 3 is 2.68 bits per heavy atom. The average molecular weight is 537 g/mol. The van der Waals surface area contributed by atoms with E-state index in [-0.39, 0.29) is 12.4 Å². The Balaban J connectivity index is 1.67. The van der Waals surface area contributed by atoms with Crippen LogP contribution in [0.2, 0.25) is 0 Å². The van der Waals surface area contributed by atoms with Gasteiger partial charge in [0.1, 0.15) is 17.6 Å². The molecule has 1 unspecified atom stereocenters. The van der Waals surface area contributed by atoms with Gasteiger partial charge in [0.25, 0.3) is 0 Å². The summed E-state index contributed by atoms with van der Waals surface area (Å²) in [7, 11) is 1.60. The standard InChI is InChI=1S/C28H29FN4O4S/c1-3-37-28(34)24-23(17-33-11-13-36-14-12-33)31-26(27-30-10-15-38-27)32-25(24)21-9-6-19(29)16-22(21)18-4-7-20(35-2)8-5-18/h4-10,15-16,25H,3,11-14,17H2,1-2H3,(H,31,32). The van der Waals surface area contributed by atoms with Crippen LogP contribution in [0.15, 0.2) is 70.3 Å². The predicted octanol–water partition coefficient (Wildman–Crippen LogP) is 4.20. The monoisotopic (exact) mass is 536 g/mol. The summed E-state index contributed by atoms with van der Waals surface area (Å²) in [6, 6.07) is 11.2. The van der Waals surface area contributed by atoms with Crippen molar-refractivity contribution in [1.29, 1.82) is 0 Å². The minimum Gasteiger partial charge on any atom is -0.497 e. The van der Waals surface area contributed by atoms with Gasteiger partial charge in [0.05, 0.1) is 32.5 Å². The molecule has 38 heavy (non-hydrogen) atoms. The first-order valence-corrected chi connectivity index (χ1v) is 13.3. The summed E-state index contributed by atoms with van der Waals surface area (Å²) in [4.78, 5) is 25.1. The number of thiazole rings is 1. The number of carbonyl (C=O) groups is 1. The first-order chi connectivity index (χ1) is 18.6. The number of esters is 1. The van der Waals surface area contributed by atoms with Crippen molar-refractivity contribution in [2.75, 3.05) is 46.6 Å². The molecular weight excluding hydrogens is 507 g/mol. The number of aromatic nitrogens is 1. The van der Waals surface area contributed by atoms with E-state index in [1.54, 1.807) is 26.3 Å². The van der Waals surface area contributed by atoms with Crippen molar-refractivity contribution in [1.82, 2.24) is 15.2 Å². The smallest absolute Gasteiger partial charge is 0.338 e. The molecule has 0 radical (unpaired) electrons. The molecule has 1 fully saturated rings. The highest BCUT2D eigenvalue weighted by atomic mass is 32.1. The van der Waals surface area contributed by atoms with Gasteiger partial charge in [-0.25, -0.2) is 14.2 Å². The summed E-state index contributed by atoms with van der Waals surface area (Å²) in [5.74, 6) is 0.414. The maximum absolute atomic E-state index is 14.6. The van der Waals surface area contributed by atoms with Crippen LogP contribution in [0.4, 0.5) is 4.39 Å². The third-order valence-corrected chi connectivity index (χ3v) is 7.23. The van der Waals surface area contributed by atoms with Crippen molar-refractivity contribution in [3.05, 3.63) is 81.7 Å². The highest BCUT2D eigenvalue weighted by Crippen LogP contribution is 2.39. The van der Waals surface area contributed by atoms with E-state index in [9.17, 15) is 9.18 Å². The number of aliphatic imine (C=N–C) groups is 1. The Morgan fingerprint density at radius 2 is 2.00 bits per heavy atom. The van der Waals surface area contributed by atoms with Gasteiger partial charge in [-0.1, -0.05) is 18.2 Å². The highest BCUT2D eigenvalue weighted by molar-refractivity contribution is 7.11. The summed E-state index contributed by atoms with van der Waals surface area (Å²) in [5.41, 5.74) is 3.20. The molecule has 3 heterocycles. The fourth-order valence-electron chi connectivity index (χ4n) is 4.61. The maximum Gasteiger partial charge on any atom is 0.338 e. The first-order valence-electron chi connectivity index (χ1n) is 12.5. The fraction of sp³-hybridized carbons (Fsp3) is 0.321. The number of amidine groups is 1. The molecule has 0 saturated carbocycles. The van der Waals surface area contributed by atoms with Crippen molar-refractivity contribution in [2.45, 2.75) is 13.0 Å². The number of nitrogens with one attached hydrogen (secondary N) is 1. The number of hydrogen-bond acceptors (Lipinski definition) is 9. The lowest BCUT2D eigenvalue weighted by atomic mass is 9.89. The van der Waals surface area contributed by atoms with Crippen molar-refractivity contribution < 1.29 is 23.4 Å². The highest BCUT2D eigenvalue weighted by Gasteiger charge is 2.35. The second kappa shape index (κ2) is 11.8. The van der Waals surface area contributed by atoms with Gasteiger partial charge in [-0.2, -0.15) is 0 Å². The summed E-state index contributed by atoms with van der Waals surface area (Å²) in [6.07, 6.45) is 1.71. The van der Waals surface area contributed by atoms with Crippen molar-refractivity contribution >= 4 is 23.1 Å². The normalized spacial score (nSPS) is 18.1. The van der Waals surface area contributed by atoms with E-state index in [1.807, 2.05) is 29.6 Å². The van der Waals surface area contributed by atoms with Crippen LogP contribution in [-0.4, -0.2) is 68.3 Å². The Labute approximate surface area is 224 Å². The molecule has 5 rings (SSSR count). The zero-order valence-electron chi connectivity index (χ0n) is 21.3. The number of hydrogen-bond donors (Lipinski definition) is 1. The van der Waals surface area contributed by atoms with E-state index in [1.165, 1.54) is 23.5 Å². The van der Waals surface area contributed by atoms with E-state index >= 15 is 0 Å². The van der Waals surface area contributed by atoms with E-state index < -0.39 is 12.0 Å². The number of rotatable bonds is 8. The predicted molar refractivity (Wildman–Crippen MR) is 144 cm³/mol. The topological polar surface area (TPSA) is 85.3 Å². The van der Waals surface area contributed by atoms with E-state index in [4.69, 9.17) is 19.2 Å². The zero-order valence-corrected chi connectivity index (χ0v) is 22.1. The Bertz CT molecular complexity index is 1340. The van der Waals surface area contributed by atoms with Gasteiger partial charge >= 0.3 is 5.97 Å². The largest absolute Gasteiger partial charge is 0.497 e. The number of carbonyl (C=O) groups excluding carboxylic acids is 1. The van der Waals surface area contributed by atoms with E-state index in [0.29, 0.717) is 58.7 Å². The molecular formula is C28H29FN4O4S.